The van der Waals surface area contributed by atoms with Crippen LogP contribution < -0.4 is 14.9 Å². The van der Waals surface area contributed by atoms with E-state index in [1.165, 1.54) is 10.6 Å². The second kappa shape index (κ2) is 9.02. The van der Waals surface area contributed by atoms with Crippen LogP contribution >= 0.6 is 0 Å². The summed E-state index contributed by atoms with van der Waals surface area (Å²) in [4.78, 5) is 27.0. The molecule has 1 fully saturated rings. The summed E-state index contributed by atoms with van der Waals surface area (Å²) >= 11 is -0.332. The zero-order valence-electron chi connectivity index (χ0n) is 16.3. The molecule has 1 saturated heterocycles. The molecule has 0 saturated carbocycles. The summed E-state index contributed by atoms with van der Waals surface area (Å²) in [6.07, 6.45) is -1.27. The van der Waals surface area contributed by atoms with E-state index in [1.54, 1.807) is 31.3 Å². The Bertz CT molecular complexity index is 952. The second-order valence-electron chi connectivity index (χ2n) is 7.00. The van der Waals surface area contributed by atoms with Gasteiger partial charge in [-0.1, -0.05) is 0 Å². The molecule has 0 aliphatic carbocycles. The van der Waals surface area contributed by atoms with Crippen LogP contribution in [0.5, 0.6) is 5.88 Å². The summed E-state index contributed by atoms with van der Waals surface area (Å²) in [5.41, 5.74) is 0.132. The van der Waals surface area contributed by atoms with Gasteiger partial charge in [-0.2, -0.15) is 0 Å². The van der Waals surface area contributed by atoms with Crippen LogP contribution in [0.25, 0.3) is 0 Å². The molecule has 156 valence electrons. The number of aromatic nitrogens is 2. The maximum atomic E-state index is 14.6. The molecule has 0 spiro atoms. The number of rotatable bonds is 7. The van der Waals surface area contributed by atoms with Gasteiger partial charge in [0.2, 0.25) is 0 Å². The average Bonchev–Trinajstić information content (AvgIpc) is 3.03. The first-order valence-corrected chi connectivity index (χ1v) is 11.2. The van der Waals surface area contributed by atoms with Gasteiger partial charge in [0.1, 0.15) is 0 Å². The van der Waals surface area contributed by atoms with Crippen molar-refractivity contribution < 1.29 is 18.8 Å². The Balaban J connectivity index is 1.71. The van der Waals surface area contributed by atoms with E-state index >= 15 is 0 Å². The summed E-state index contributed by atoms with van der Waals surface area (Å²) in [5.74, 6) is 0.257. The van der Waals surface area contributed by atoms with Crippen molar-refractivity contribution in [3.05, 3.63) is 56.6 Å². The summed E-state index contributed by atoms with van der Waals surface area (Å²) in [6, 6.07) is 6.45. The quantitative estimate of drug-likeness (QED) is 0.350. The molecule has 0 bridgehead atoms. The van der Waals surface area contributed by atoms with Crippen LogP contribution in [0.1, 0.15) is 32.1 Å². The first kappa shape index (κ1) is 21.4. The van der Waals surface area contributed by atoms with E-state index in [0.717, 1.165) is 0 Å². The summed E-state index contributed by atoms with van der Waals surface area (Å²) in [7, 11) is 0. The Hall–Kier alpha value is -2.29. The zero-order valence-corrected chi connectivity index (χ0v) is 18.0. The molecule has 2 aromatic rings. The fourth-order valence-corrected chi connectivity index (χ4v) is 5.31. The van der Waals surface area contributed by atoms with Gasteiger partial charge in [0.15, 0.2) is 0 Å². The molecule has 1 aromatic carbocycles. The van der Waals surface area contributed by atoms with Crippen molar-refractivity contribution in [2.75, 3.05) is 0 Å². The van der Waals surface area contributed by atoms with Gasteiger partial charge in [-0.3, -0.25) is 0 Å². The van der Waals surface area contributed by atoms with Gasteiger partial charge < -0.3 is 0 Å². The van der Waals surface area contributed by atoms with Crippen molar-refractivity contribution in [2.45, 2.75) is 57.1 Å². The standard InChI is InChI=1S/C19H22FN3O5Se/c1-11(2)27-18-12(3)9-22(19(24)21-18)17-8-13(20)15(28-17)10-29-16-7-5-4-6-14(16)23(25)26/h4-7,9,11,13,15,17H,8,10H2,1-3H3/t13-,15+,17+/m0/s1. The third kappa shape index (κ3) is 5.01. The Morgan fingerprint density at radius 2 is 2.17 bits per heavy atom. The van der Waals surface area contributed by atoms with E-state index in [-0.39, 0.29) is 39.0 Å². The molecule has 0 radical (unpaired) electrons. The molecule has 0 unspecified atom stereocenters. The van der Waals surface area contributed by atoms with E-state index in [9.17, 15) is 19.3 Å². The van der Waals surface area contributed by atoms with E-state index in [1.807, 2.05) is 13.8 Å². The number of halogens is 1. The third-order valence-electron chi connectivity index (χ3n) is 4.37. The van der Waals surface area contributed by atoms with E-state index in [2.05, 4.69) is 4.98 Å². The fourth-order valence-electron chi connectivity index (χ4n) is 3.01. The van der Waals surface area contributed by atoms with Crippen LogP contribution in [0.2, 0.25) is 5.32 Å². The van der Waals surface area contributed by atoms with E-state index in [0.29, 0.717) is 15.3 Å². The van der Waals surface area contributed by atoms with Gasteiger partial charge in [-0.25, -0.2) is 0 Å². The van der Waals surface area contributed by atoms with Crippen molar-refractivity contribution in [3.63, 3.8) is 0 Å². The number of nitro groups is 1. The molecule has 2 heterocycles. The number of aryl methyl sites for hydroxylation is 1. The van der Waals surface area contributed by atoms with Crippen molar-refractivity contribution in [1.82, 2.24) is 9.55 Å². The third-order valence-corrected chi connectivity index (χ3v) is 6.79. The molecule has 0 N–H and O–H groups in total. The summed E-state index contributed by atoms with van der Waals surface area (Å²) in [5, 5.41) is 11.5. The topological polar surface area (TPSA) is 96.5 Å². The van der Waals surface area contributed by atoms with Crippen LogP contribution in [0.4, 0.5) is 10.1 Å². The number of benzene rings is 1. The number of ether oxygens (including phenoxy) is 2. The molecule has 1 aromatic heterocycles. The SMILES string of the molecule is Cc1cn([C@H]2C[C@H](F)[C@@H](C[Se]c3ccccc3[N+](=O)[O-])O2)c(=O)nc1OC(C)C. The van der Waals surface area contributed by atoms with Crippen LogP contribution in [0, 0.1) is 17.0 Å². The minimum atomic E-state index is -1.26. The average molecular weight is 470 g/mol. The minimum absolute atomic E-state index is 0.0308. The van der Waals surface area contributed by atoms with Crippen molar-refractivity contribution >= 4 is 25.1 Å². The number of hydrogen-bond acceptors (Lipinski definition) is 6. The van der Waals surface area contributed by atoms with Gasteiger partial charge in [0.05, 0.1) is 0 Å². The molecule has 29 heavy (non-hydrogen) atoms. The zero-order chi connectivity index (χ0) is 21.1. The molecule has 1 aliphatic rings. The van der Waals surface area contributed by atoms with Crippen LogP contribution in [-0.2, 0) is 4.74 Å². The Morgan fingerprint density at radius 3 is 2.86 bits per heavy atom. The molecular weight excluding hydrogens is 448 g/mol. The fraction of sp³-hybridized carbons (Fsp3) is 0.474. The van der Waals surface area contributed by atoms with Gasteiger partial charge >= 0.3 is 173 Å². The molecular formula is C19H22FN3O5Se. The van der Waals surface area contributed by atoms with E-state index < -0.39 is 29.1 Å². The van der Waals surface area contributed by atoms with Crippen molar-refractivity contribution in [3.8, 4) is 5.88 Å². The maximum absolute atomic E-state index is 14.6. The molecule has 3 atom stereocenters. The van der Waals surface area contributed by atoms with Crippen LogP contribution in [0.3, 0.4) is 0 Å². The van der Waals surface area contributed by atoms with Crippen LogP contribution in [-0.4, -0.2) is 47.8 Å². The van der Waals surface area contributed by atoms with Gasteiger partial charge in [-0.05, 0) is 0 Å². The first-order valence-electron chi connectivity index (χ1n) is 9.18. The number of para-hydroxylation sites is 1. The number of nitrogens with zero attached hydrogens (tertiary/aromatic N) is 3. The van der Waals surface area contributed by atoms with Crippen molar-refractivity contribution in [2.24, 2.45) is 0 Å². The van der Waals surface area contributed by atoms with E-state index in [4.69, 9.17) is 9.47 Å². The molecule has 1 aliphatic heterocycles. The summed E-state index contributed by atoms with van der Waals surface area (Å²) < 4.78 is 27.7. The Morgan fingerprint density at radius 1 is 1.45 bits per heavy atom. The molecule has 8 nitrogen and oxygen atoms in total. The first-order chi connectivity index (χ1) is 13.8. The molecule has 3 rings (SSSR count). The van der Waals surface area contributed by atoms with Gasteiger partial charge in [0.25, 0.3) is 0 Å². The van der Waals surface area contributed by atoms with Crippen LogP contribution in [0.15, 0.2) is 35.3 Å². The normalized spacial score (nSPS) is 21.5. The molecule has 0 amide bonds. The predicted octanol–water partition coefficient (Wildman–Crippen LogP) is 2.32. The van der Waals surface area contributed by atoms with Crippen molar-refractivity contribution in [1.29, 1.82) is 0 Å². The molecule has 10 heteroatoms. The van der Waals surface area contributed by atoms with Gasteiger partial charge in [0, 0.05) is 0 Å². The Kier molecular flexibility index (Phi) is 6.66. The monoisotopic (exact) mass is 471 g/mol. The number of alkyl halides is 1. The number of nitro benzene ring substituents is 1. The Labute approximate surface area is 173 Å². The summed E-state index contributed by atoms with van der Waals surface area (Å²) in [6.45, 7) is 5.44. The predicted molar refractivity (Wildman–Crippen MR) is 106 cm³/mol. The number of hydrogen-bond donors (Lipinski definition) is 0. The van der Waals surface area contributed by atoms with Gasteiger partial charge in [-0.15, -0.1) is 0 Å². The second-order valence-corrected chi connectivity index (χ2v) is 9.23.